The van der Waals surface area contributed by atoms with E-state index in [-0.39, 0.29) is 18.6 Å². The molecule has 1 aromatic carbocycles. The molecule has 1 unspecified atom stereocenters. The minimum Gasteiger partial charge on any atom is -0.397 e. The smallest absolute Gasteiger partial charge is 0.251 e. The molecule has 5 nitrogen and oxygen atoms in total. The monoisotopic (exact) mass is 263 g/mol. The molecule has 0 aromatic heterocycles. The number of hydrogen-bond acceptors (Lipinski definition) is 4. The lowest BCUT2D eigenvalue weighted by Gasteiger charge is -2.27. The van der Waals surface area contributed by atoms with Crippen LogP contribution in [-0.4, -0.2) is 36.8 Å². The first kappa shape index (κ1) is 13.7. The first-order valence-corrected chi connectivity index (χ1v) is 6.72. The molecule has 0 radical (unpaired) electrons. The van der Waals surface area contributed by atoms with Gasteiger partial charge in [0, 0.05) is 18.7 Å². The van der Waals surface area contributed by atoms with Crippen LogP contribution in [0.3, 0.4) is 0 Å². The largest absolute Gasteiger partial charge is 0.397 e. The van der Waals surface area contributed by atoms with Crippen molar-refractivity contribution in [3.8, 4) is 0 Å². The van der Waals surface area contributed by atoms with Crippen LogP contribution in [0.1, 0.15) is 30.1 Å². The van der Waals surface area contributed by atoms with E-state index in [2.05, 4.69) is 10.2 Å². The van der Waals surface area contributed by atoms with Crippen molar-refractivity contribution in [1.29, 1.82) is 0 Å². The molecule has 2 rings (SSSR count). The molecule has 5 heteroatoms. The summed E-state index contributed by atoms with van der Waals surface area (Å²) >= 11 is 0. The Morgan fingerprint density at radius 2 is 2.37 bits per heavy atom. The number of aliphatic hydroxyl groups excluding tert-OH is 1. The Labute approximate surface area is 113 Å². The van der Waals surface area contributed by atoms with Crippen LogP contribution < -0.4 is 16.0 Å². The Bertz CT molecular complexity index is 462. The van der Waals surface area contributed by atoms with Gasteiger partial charge in [-0.2, -0.15) is 0 Å². The average molecular weight is 263 g/mol. The van der Waals surface area contributed by atoms with Crippen molar-refractivity contribution in [3.05, 3.63) is 23.8 Å². The van der Waals surface area contributed by atoms with E-state index in [1.807, 2.05) is 13.0 Å². The predicted molar refractivity (Wildman–Crippen MR) is 76.3 cm³/mol. The summed E-state index contributed by atoms with van der Waals surface area (Å²) < 4.78 is 0. The zero-order valence-electron chi connectivity index (χ0n) is 11.2. The second-order valence-corrected chi connectivity index (χ2v) is 4.81. The van der Waals surface area contributed by atoms with E-state index in [9.17, 15) is 9.90 Å². The zero-order chi connectivity index (χ0) is 13.8. The average Bonchev–Trinajstić information content (AvgIpc) is 2.87. The van der Waals surface area contributed by atoms with Gasteiger partial charge in [0.05, 0.1) is 24.0 Å². The number of nitrogens with one attached hydrogen (secondary N) is 1. The first-order chi connectivity index (χ1) is 9.17. The number of nitrogen functional groups attached to an aromatic ring is 1. The minimum atomic E-state index is -0.0940. The van der Waals surface area contributed by atoms with Crippen molar-refractivity contribution in [3.63, 3.8) is 0 Å². The van der Waals surface area contributed by atoms with Gasteiger partial charge in [0.15, 0.2) is 0 Å². The summed E-state index contributed by atoms with van der Waals surface area (Å²) in [5, 5.41) is 12.2. The highest BCUT2D eigenvalue weighted by Gasteiger charge is 2.25. The summed E-state index contributed by atoms with van der Waals surface area (Å²) in [6.07, 6.45) is 2.00. The lowest BCUT2D eigenvalue weighted by Crippen LogP contribution is -2.33. The van der Waals surface area contributed by atoms with Crippen LogP contribution in [0.25, 0.3) is 0 Å². The fourth-order valence-corrected chi connectivity index (χ4v) is 2.54. The van der Waals surface area contributed by atoms with Crippen molar-refractivity contribution in [1.82, 2.24) is 5.32 Å². The number of nitrogens with two attached hydrogens (primary N) is 1. The molecule has 1 heterocycles. The van der Waals surface area contributed by atoms with Crippen LogP contribution in [0, 0.1) is 0 Å². The number of benzene rings is 1. The van der Waals surface area contributed by atoms with E-state index in [1.54, 1.807) is 12.1 Å². The Kier molecular flexibility index (Phi) is 4.27. The molecule has 1 amide bonds. The van der Waals surface area contributed by atoms with E-state index in [0.717, 1.165) is 25.1 Å². The Hall–Kier alpha value is -1.75. The molecule has 1 fully saturated rings. The van der Waals surface area contributed by atoms with Gasteiger partial charge >= 0.3 is 0 Å². The lowest BCUT2D eigenvalue weighted by molar-refractivity contribution is 0.0956. The Morgan fingerprint density at radius 1 is 1.58 bits per heavy atom. The highest BCUT2D eigenvalue weighted by atomic mass is 16.3. The van der Waals surface area contributed by atoms with E-state index in [1.165, 1.54) is 0 Å². The molecule has 1 aliphatic rings. The van der Waals surface area contributed by atoms with E-state index < -0.39 is 0 Å². The number of aliphatic hydroxyl groups is 1. The fourth-order valence-electron chi connectivity index (χ4n) is 2.54. The van der Waals surface area contributed by atoms with Gasteiger partial charge in [-0.1, -0.05) is 0 Å². The summed E-state index contributed by atoms with van der Waals surface area (Å²) in [6.45, 7) is 3.47. The summed E-state index contributed by atoms with van der Waals surface area (Å²) in [5.41, 5.74) is 8.11. The quantitative estimate of drug-likeness (QED) is 0.708. The van der Waals surface area contributed by atoms with Gasteiger partial charge < -0.3 is 21.1 Å². The van der Waals surface area contributed by atoms with Crippen molar-refractivity contribution in [2.24, 2.45) is 0 Å². The Balaban J connectivity index is 2.29. The molecular weight excluding hydrogens is 242 g/mol. The molecule has 1 atom stereocenters. The van der Waals surface area contributed by atoms with Crippen LogP contribution in [0.15, 0.2) is 18.2 Å². The zero-order valence-corrected chi connectivity index (χ0v) is 11.2. The van der Waals surface area contributed by atoms with Crippen molar-refractivity contribution < 1.29 is 9.90 Å². The summed E-state index contributed by atoms with van der Waals surface area (Å²) in [4.78, 5) is 13.9. The molecular formula is C14H21N3O2. The molecule has 1 aromatic rings. The molecule has 1 saturated heterocycles. The summed E-state index contributed by atoms with van der Waals surface area (Å²) in [6, 6.07) is 5.40. The normalized spacial score (nSPS) is 18.6. The number of amides is 1. The number of rotatable bonds is 4. The topological polar surface area (TPSA) is 78.6 Å². The van der Waals surface area contributed by atoms with Crippen molar-refractivity contribution in [2.45, 2.75) is 25.8 Å². The van der Waals surface area contributed by atoms with Crippen LogP contribution in [0.2, 0.25) is 0 Å². The third-order valence-electron chi connectivity index (χ3n) is 3.53. The van der Waals surface area contributed by atoms with Crippen molar-refractivity contribution in [2.75, 3.05) is 30.3 Å². The third kappa shape index (κ3) is 2.81. The molecule has 0 aliphatic carbocycles. The molecule has 1 aliphatic heterocycles. The van der Waals surface area contributed by atoms with Gasteiger partial charge in [0.25, 0.3) is 5.91 Å². The number of anilines is 2. The lowest BCUT2D eigenvalue weighted by atomic mass is 10.1. The molecule has 4 N–H and O–H groups in total. The van der Waals surface area contributed by atoms with Gasteiger partial charge in [-0.3, -0.25) is 4.79 Å². The third-order valence-corrected chi connectivity index (χ3v) is 3.53. The van der Waals surface area contributed by atoms with Gasteiger partial charge in [-0.15, -0.1) is 0 Å². The first-order valence-electron chi connectivity index (χ1n) is 6.72. The number of carbonyl (C=O) groups excluding carboxylic acids is 1. The maximum Gasteiger partial charge on any atom is 0.251 e. The van der Waals surface area contributed by atoms with Crippen molar-refractivity contribution >= 4 is 17.3 Å². The van der Waals surface area contributed by atoms with E-state index in [0.29, 0.717) is 17.8 Å². The van der Waals surface area contributed by atoms with Crippen LogP contribution in [0.4, 0.5) is 11.4 Å². The van der Waals surface area contributed by atoms with Crippen LogP contribution >= 0.6 is 0 Å². The summed E-state index contributed by atoms with van der Waals surface area (Å²) in [7, 11) is 0. The van der Waals surface area contributed by atoms with E-state index in [4.69, 9.17) is 5.73 Å². The molecule has 0 saturated carbocycles. The van der Waals surface area contributed by atoms with Gasteiger partial charge in [-0.25, -0.2) is 0 Å². The highest BCUT2D eigenvalue weighted by Crippen LogP contribution is 2.31. The number of carbonyl (C=O) groups is 1. The van der Waals surface area contributed by atoms with Gasteiger partial charge in [-0.05, 0) is 38.0 Å². The second kappa shape index (κ2) is 5.93. The molecule has 19 heavy (non-hydrogen) atoms. The molecule has 0 spiro atoms. The number of hydrogen-bond donors (Lipinski definition) is 3. The van der Waals surface area contributed by atoms with Gasteiger partial charge in [0.1, 0.15) is 0 Å². The fraction of sp³-hybridized carbons (Fsp3) is 0.500. The number of nitrogens with zero attached hydrogens (tertiary/aromatic N) is 1. The highest BCUT2D eigenvalue weighted by molar-refractivity contribution is 5.96. The molecule has 0 bridgehead atoms. The standard InChI is InChI=1S/C14H21N3O2/c1-2-16-14(19)10-5-6-12(15)13(8-10)17-7-3-4-11(17)9-18/h5-6,8,11,18H,2-4,7,9,15H2,1H3,(H,16,19). The van der Waals surface area contributed by atoms with E-state index >= 15 is 0 Å². The molecule has 104 valence electrons. The SMILES string of the molecule is CCNC(=O)c1ccc(N)c(N2CCCC2CO)c1. The van der Waals surface area contributed by atoms with Crippen LogP contribution in [-0.2, 0) is 0 Å². The maximum atomic E-state index is 11.9. The summed E-state index contributed by atoms with van der Waals surface area (Å²) in [5.74, 6) is -0.0940. The second-order valence-electron chi connectivity index (χ2n) is 4.81. The maximum absolute atomic E-state index is 11.9. The predicted octanol–water partition coefficient (Wildman–Crippen LogP) is 0.980. The Morgan fingerprint density at radius 3 is 3.05 bits per heavy atom. The van der Waals surface area contributed by atoms with Crippen LogP contribution in [0.5, 0.6) is 0 Å². The van der Waals surface area contributed by atoms with Gasteiger partial charge in [0.2, 0.25) is 0 Å². The minimum absolute atomic E-state index is 0.0940.